The number of aromatic nitrogens is 2. The number of rotatable bonds is 1. The molecular formula is C8H8ClF3N2. The van der Waals surface area contributed by atoms with Gasteiger partial charge in [-0.1, -0.05) is 11.6 Å². The predicted molar refractivity (Wildman–Crippen MR) is 47.8 cm³/mol. The number of hydrogen-bond donors (Lipinski definition) is 0. The molecule has 1 aromatic rings. The van der Waals surface area contributed by atoms with E-state index in [1.165, 1.54) is 17.8 Å². The third kappa shape index (κ3) is 1.92. The molecule has 0 aliphatic rings. The van der Waals surface area contributed by atoms with Crippen molar-refractivity contribution in [3.63, 3.8) is 0 Å². The molecule has 0 spiro atoms. The molecule has 0 N–H and O–H groups in total. The largest absolute Gasteiger partial charge is 0.435 e. The van der Waals surface area contributed by atoms with Crippen LogP contribution in [0, 0.1) is 6.92 Å². The van der Waals surface area contributed by atoms with Gasteiger partial charge in [0.15, 0.2) is 5.69 Å². The zero-order valence-electron chi connectivity index (χ0n) is 7.56. The zero-order valence-corrected chi connectivity index (χ0v) is 8.32. The van der Waals surface area contributed by atoms with E-state index in [1.54, 1.807) is 6.92 Å². The molecule has 0 fully saturated rings. The zero-order chi connectivity index (χ0) is 10.9. The molecule has 0 atom stereocenters. The highest BCUT2D eigenvalue weighted by atomic mass is 35.5. The molecule has 2 nitrogen and oxygen atoms in total. The monoisotopic (exact) mass is 224 g/mol. The van der Waals surface area contributed by atoms with E-state index in [0.717, 1.165) is 5.54 Å². The van der Waals surface area contributed by atoms with E-state index >= 15 is 0 Å². The molecule has 0 amide bonds. The Morgan fingerprint density at radius 2 is 2.00 bits per heavy atom. The van der Waals surface area contributed by atoms with Crippen LogP contribution in [-0.4, -0.2) is 9.78 Å². The fourth-order valence-electron chi connectivity index (χ4n) is 1.10. The lowest BCUT2D eigenvalue weighted by Gasteiger charge is -2.02. The molecule has 0 aliphatic heterocycles. The van der Waals surface area contributed by atoms with Crippen LogP contribution in [0.2, 0.25) is 0 Å². The maximum absolute atomic E-state index is 12.4. The molecule has 0 aromatic carbocycles. The summed E-state index contributed by atoms with van der Waals surface area (Å²) in [7, 11) is 1.45. The minimum atomic E-state index is -4.45. The predicted octanol–water partition coefficient (Wildman–Crippen LogP) is 2.96. The molecule has 0 saturated carbocycles. The first-order chi connectivity index (χ1) is 6.38. The number of hydrogen-bond acceptors (Lipinski definition) is 1. The second-order valence-corrected chi connectivity index (χ2v) is 3.01. The van der Waals surface area contributed by atoms with Crippen molar-refractivity contribution in [2.24, 2.45) is 7.05 Å². The van der Waals surface area contributed by atoms with Crippen molar-refractivity contribution >= 4 is 17.7 Å². The maximum Gasteiger partial charge on any atom is 0.435 e. The second-order valence-electron chi connectivity index (χ2n) is 2.76. The molecule has 1 aromatic heterocycles. The Bertz CT molecular complexity index is 365. The van der Waals surface area contributed by atoms with Gasteiger partial charge >= 0.3 is 6.18 Å². The molecule has 1 heterocycles. The van der Waals surface area contributed by atoms with Gasteiger partial charge in [-0.25, -0.2) is 0 Å². The lowest BCUT2D eigenvalue weighted by atomic mass is 10.2. The summed E-state index contributed by atoms with van der Waals surface area (Å²) in [5.41, 5.74) is 0.567. The van der Waals surface area contributed by atoms with Gasteiger partial charge in [-0.2, -0.15) is 18.3 Å². The Balaban J connectivity index is 3.37. The first kappa shape index (κ1) is 11.1. The molecular weight excluding hydrogens is 217 g/mol. The summed E-state index contributed by atoms with van der Waals surface area (Å²) in [4.78, 5) is 0. The van der Waals surface area contributed by atoms with Crippen LogP contribution in [0.3, 0.4) is 0 Å². The van der Waals surface area contributed by atoms with Gasteiger partial charge in [0, 0.05) is 23.8 Å². The summed E-state index contributed by atoms with van der Waals surface area (Å²) in [6, 6.07) is 0. The summed E-state index contributed by atoms with van der Waals surface area (Å²) >= 11 is 5.25. The van der Waals surface area contributed by atoms with Gasteiger partial charge in [-0.05, 0) is 13.0 Å². The average molecular weight is 225 g/mol. The van der Waals surface area contributed by atoms with Crippen LogP contribution in [0.1, 0.15) is 17.0 Å². The van der Waals surface area contributed by atoms with Crippen LogP contribution in [0.5, 0.6) is 0 Å². The lowest BCUT2D eigenvalue weighted by Crippen LogP contribution is -2.08. The van der Waals surface area contributed by atoms with Gasteiger partial charge in [0.05, 0.1) is 0 Å². The molecule has 1 rings (SSSR count). The van der Waals surface area contributed by atoms with Crippen LogP contribution < -0.4 is 0 Å². The van der Waals surface area contributed by atoms with Gasteiger partial charge in [0.1, 0.15) is 0 Å². The van der Waals surface area contributed by atoms with Crippen molar-refractivity contribution in [2.75, 3.05) is 0 Å². The van der Waals surface area contributed by atoms with Gasteiger partial charge < -0.3 is 0 Å². The van der Waals surface area contributed by atoms with E-state index in [1.807, 2.05) is 0 Å². The van der Waals surface area contributed by atoms with Gasteiger partial charge in [-0.15, -0.1) is 0 Å². The van der Waals surface area contributed by atoms with Gasteiger partial charge in [0.2, 0.25) is 0 Å². The summed E-state index contributed by atoms with van der Waals surface area (Å²) in [5.74, 6) is 0. The minimum absolute atomic E-state index is 0.00926. The van der Waals surface area contributed by atoms with Crippen molar-refractivity contribution in [3.05, 3.63) is 22.5 Å². The fraction of sp³-hybridized carbons (Fsp3) is 0.375. The molecule has 0 aliphatic carbocycles. The van der Waals surface area contributed by atoms with E-state index < -0.39 is 11.9 Å². The van der Waals surface area contributed by atoms with Crippen molar-refractivity contribution in [1.29, 1.82) is 0 Å². The van der Waals surface area contributed by atoms with Gasteiger partial charge in [-0.3, -0.25) is 4.68 Å². The Hall–Kier alpha value is -0.970. The topological polar surface area (TPSA) is 17.8 Å². The van der Waals surface area contributed by atoms with Crippen LogP contribution in [0.4, 0.5) is 13.2 Å². The smallest absolute Gasteiger partial charge is 0.272 e. The highest BCUT2D eigenvalue weighted by Crippen LogP contribution is 2.32. The standard InChI is InChI=1S/C8H8ClF3N2/c1-5-6(3-4-9)7(8(10,11)12)13-14(5)2/h3-4H,1-2H3. The summed E-state index contributed by atoms with van der Waals surface area (Å²) in [6.07, 6.45) is -3.26. The maximum atomic E-state index is 12.4. The van der Waals surface area contributed by atoms with Crippen LogP contribution in [0.25, 0.3) is 6.08 Å². The third-order valence-corrected chi connectivity index (χ3v) is 2.00. The summed E-state index contributed by atoms with van der Waals surface area (Å²) in [6.45, 7) is 1.55. The van der Waals surface area contributed by atoms with E-state index in [4.69, 9.17) is 11.6 Å². The molecule has 0 unspecified atom stereocenters. The normalized spacial score (nSPS) is 12.7. The fourth-order valence-corrected chi connectivity index (χ4v) is 1.22. The number of halogens is 4. The molecule has 6 heteroatoms. The molecule has 14 heavy (non-hydrogen) atoms. The van der Waals surface area contributed by atoms with Crippen molar-refractivity contribution < 1.29 is 13.2 Å². The lowest BCUT2D eigenvalue weighted by molar-refractivity contribution is -0.141. The van der Waals surface area contributed by atoms with Crippen molar-refractivity contribution in [2.45, 2.75) is 13.1 Å². The molecule has 0 saturated heterocycles. The number of nitrogens with zero attached hydrogens (tertiary/aromatic N) is 2. The van der Waals surface area contributed by atoms with E-state index in [2.05, 4.69) is 5.10 Å². The van der Waals surface area contributed by atoms with E-state index in [0.29, 0.717) is 5.69 Å². The van der Waals surface area contributed by atoms with Crippen molar-refractivity contribution in [3.8, 4) is 0 Å². The molecule has 78 valence electrons. The summed E-state index contributed by atoms with van der Waals surface area (Å²) in [5, 5.41) is 3.38. The molecule has 0 bridgehead atoms. The Labute approximate surface area is 84.0 Å². The SMILES string of the molecule is Cc1c(C=CCl)c(C(F)(F)F)nn1C. The van der Waals surface area contributed by atoms with E-state index in [9.17, 15) is 13.2 Å². The highest BCUT2D eigenvalue weighted by Gasteiger charge is 2.37. The first-order valence-electron chi connectivity index (χ1n) is 3.75. The minimum Gasteiger partial charge on any atom is -0.272 e. The number of aryl methyl sites for hydroxylation is 1. The van der Waals surface area contributed by atoms with E-state index in [-0.39, 0.29) is 5.56 Å². The first-order valence-corrected chi connectivity index (χ1v) is 4.19. The third-order valence-electron chi connectivity index (χ3n) is 1.88. The number of alkyl halides is 3. The Morgan fingerprint density at radius 3 is 2.43 bits per heavy atom. The summed E-state index contributed by atoms with van der Waals surface area (Å²) < 4.78 is 38.4. The average Bonchev–Trinajstić information content (AvgIpc) is 2.32. The van der Waals surface area contributed by atoms with Crippen LogP contribution >= 0.6 is 11.6 Å². The highest BCUT2D eigenvalue weighted by molar-refractivity contribution is 6.27. The van der Waals surface area contributed by atoms with Crippen LogP contribution in [0.15, 0.2) is 5.54 Å². The quantitative estimate of drug-likeness (QED) is 0.717. The Kier molecular flexibility index (Phi) is 2.89. The molecule has 0 radical (unpaired) electrons. The van der Waals surface area contributed by atoms with Crippen LogP contribution in [-0.2, 0) is 13.2 Å². The second kappa shape index (κ2) is 3.65. The Morgan fingerprint density at radius 1 is 1.43 bits per heavy atom. The van der Waals surface area contributed by atoms with Crippen molar-refractivity contribution in [1.82, 2.24) is 9.78 Å². The van der Waals surface area contributed by atoms with Gasteiger partial charge in [0.25, 0.3) is 0 Å².